The molecule has 0 N–H and O–H groups in total. The van der Waals surface area contributed by atoms with E-state index in [-0.39, 0.29) is 0 Å². The Morgan fingerprint density at radius 1 is 1.26 bits per heavy atom. The Bertz CT molecular complexity index is 685. The maximum Gasteiger partial charge on any atom is 0.161 e. The van der Waals surface area contributed by atoms with Crippen LogP contribution >= 0.6 is 11.3 Å². The summed E-state index contributed by atoms with van der Waals surface area (Å²) >= 11 is 1.77. The van der Waals surface area contributed by atoms with Gasteiger partial charge in [-0.2, -0.15) is 0 Å². The summed E-state index contributed by atoms with van der Waals surface area (Å²) in [5.74, 6) is 1.76. The molecular weight excluding hydrogens is 308 g/mol. The molecule has 4 rings (SSSR count). The van der Waals surface area contributed by atoms with Crippen molar-refractivity contribution in [3.8, 4) is 11.5 Å². The highest BCUT2D eigenvalue weighted by molar-refractivity contribution is 7.09. The second-order valence-corrected chi connectivity index (χ2v) is 7.06. The van der Waals surface area contributed by atoms with Gasteiger partial charge in [0.1, 0.15) is 13.2 Å². The fourth-order valence-corrected chi connectivity index (χ4v) is 4.19. The van der Waals surface area contributed by atoms with Gasteiger partial charge in [-0.25, -0.2) is 4.98 Å². The lowest BCUT2D eigenvalue weighted by Crippen LogP contribution is -2.23. The van der Waals surface area contributed by atoms with Gasteiger partial charge in [0.15, 0.2) is 11.5 Å². The SMILES string of the molecule is CCc1nc(CN2CCCC2c2ccc3c(c2)OCCO3)cs1. The van der Waals surface area contributed by atoms with Crippen LogP contribution < -0.4 is 9.47 Å². The van der Waals surface area contributed by atoms with E-state index in [1.54, 1.807) is 11.3 Å². The zero-order chi connectivity index (χ0) is 15.6. The van der Waals surface area contributed by atoms with Crippen molar-refractivity contribution in [2.75, 3.05) is 19.8 Å². The topological polar surface area (TPSA) is 34.6 Å². The van der Waals surface area contributed by atoms with E-state index in [1.165, 1.54) is 29.1 Å². The van der Waals surface area contributed by atoms with E-state index in [9.17, 15) is 0 Å². The summed E-state index contributed by atoms with van der Waals surface area (Å²) in [6, 6.07) is 6.86. The van der Waals surface area contributed by atoms with Crippen LogP contribution in [0.5, 0.6) is 11.5 Å². The summed E-state index contributed by atoms with van der Waals surface area (Å²) in [6.45, 7) is 5.53. The zero-order valence-corrected chi connectivity index (χ0v) is 14.3. The van der Waals surface area contributed by atoms with E-state index >= 15 is 0 Å². The molecule has 0 radical (unpaired) electrons. The van der Waals surface area contributed by atoms with Crippen molar-refractivity contribution >= 4 is 11.3 Å². The molecule has 1 fully saturated rings. The molecule has 1 aromatic carbocycles. The lowest BCUT2D eigenvalue weighted by Gasteiger charge is -2.26. The van der Waals surface area contributed by atoms with Gasteiger partial charge in [-0.3, -0.25) is 4.90 Å². The molecule has 3 heterocycles. The summed E-state index contributed by atoms with van der Waals surface area (Å²) in [5.41, 5.74) is 2.54. The Morgan fingerprint density at radius 2 is 2.13 bits per heavy atom. The van der Waals surface area contributed by atoms with E-state index < -0.39 is 0 Å². The molecule has 0 saturated carbocycles. The van der Waals surface area contributed by atoms with Crippen LogP contribution in [0.25, 0.3) is 0 Å². The van der Waals surface area contributed by atoms with Crippen molar-refractivity contribution < 1.29 is 9.47 Å². The van der Waals surface area contributed by atoms with Crippen LogP contribution in [0.15, 0.2) is 23.6 Å². The highest BCUT2D eigenvalue weighted by Gasteiger charge is 2.27. The molecule has 5 heteroatoms. The van der Waals surface area contributed by atoms with Crippen molar-refractivity contribution in [1.82, 2.24) is 9.88 Å². The molecule has 2 aliphatic heterocycles. The van der Waals surface area contributed by atoms with Gasteiger partial charge in [0.05, 0.1) is 10.7 Å². The molecule has 0 spiro atoms. The highest BCUT2D eigenvalue weighted by Crippen LogP contribution is 2.38. The van der Waals surface area contributed by atoms with Gasteiger partial charge in [-0.1, -0.05) is 13.0 Å². The summed E-state index contributed by atoms with van der Waals surface area (Å²) in [4.78, 5) is 7.26. The van der Waals surface area contributed by atoms with E-state index in [4.69, 9.17) is 14.5 Å². The Morgan fingerprint density at radius 3 is 2.96 bits per heavy atom. The van der Waals surface area contributed by atoms with Crippen molar-refractivity contribution in [3.05, 3.63) is 39.8 Å². The summed E-state index contributed by atoms with van der Waals surface area (Å²) in [7, 11) is 0. The minimum absolute atomic E-state index is 0.456. The first-order valence-corrected chi connectivity index (χ1v) is 9.28. The molecule has 0 aliphatic carbocycles. The Hall–Kier alpha value is -1.59. The number of aromatic nitrogens is 1. The van der Waals surface area contributed by atoms with Gasteiger partial charge < -0.3 is 9.47 Å². The Labute approximate surface area is 141 Å². The fraction of sp³-hybridized carbons (Fsp3) is 0.500. The normalized spacial score (nSPS) is 20.8. The molecule has 23 heavy (non-hydrogen) atoms. The van der Waals surface area contributed by atoms with Crippen LogP contribution in [-0.2, 0) is 13.0 Å². The van der Waals surface area contributed by atoms with Gasteiger partial charge in [0.2, 0.25) is 0 Å². The first-order chi connectivity index (χ1) is 11.3. The largest absolute Gasteiger partial charge is 0.486 e. The highest BCUT2D eigenvalue weighted by atomic mass is 32.1. The number of thiazole rings is 1. The molecule has 2 aliphatic rings. The van der Waals surface area contributed by atoms with Crippen LogP contribution in [0.4, 0.5) is 0 Å². The predicted octanol–water partition coefficient (Wildman–Crippen LogP) is 3.81. The van der Waals surface area contributed by atoms with Gasteiger partial charge in [0, 0.05) is 18.0 Å². The molecule has 1 unspecified atom stereocenters. The molecule has 0 amide bonds. The zero-order valence-electron chi connectivity index (χ0n) is 13.5. The maximum absolute atomic E-state index is 5.74. The van der Waals surface area contributed by atoms with Gasteiger partial charge in [0.25, 0.3) is 0 Å². The number of hydrogen-bond donors (Lipinski definition) is 0. The van der Waals surface area contributed by atoms with Crippen LogP contribution in [-0.4, -0.2) is 29.6 Å². The molecule has 2 aromatic rings. The van der Waals surface area contributed by atoms with Crippen LogP contribution in [0.2, 0.25) is 0 Å². The molecule has 4 nitrogen and oxygen atoms in total. The first kappa shape index (κ1) is 15.0. The predicted molar refractivity (Wildman–Crippen MR) is 91.3 cm³/mol. The minimum Gasteiger partial charge on any atom is -0.486 e. The van der Waals surface area contributed by atoms with Crippen LogP contribution in [0, 0.1) is 0 Å². The minimum atomic E-state index is 0.456. The maximum atomic E-state index is 5.74. The summed E-state index contributed by atoms with van der Waals surface area (Å²) in [6.07, 6.45) is 3.46. The van der Waals surface area contributed by atoms with E-state index in [1.807, 2.05) is 0 Å². The second-order valence-electron chi connectivity index (χ2n) is 6.12. The van der Waals surface area contributed by atoms with Crippen molar-refractivity contribution in [1.29, 1.82) is 0 Å². The molecule has 1 atom stereocenters. The lowest BCUT2D eigenvalue weighted by molar-refractivity contribution is 0.170. The van der Waals surface area contributed by atoms with Gasteiger partial charge in [-0.15, -0.1) is 11.3 Å². The number of ether oxygens (including phenoxy) is 2. The van der Waals surface area contributed by atoms with Crippen molar-refractivity contribution in [2.45, 2.75) is 38.8 Å². The monoisotopic (exact) mass is 330 g/mol. The molecule has 1 saturated heterocycles. The molecule has 0 bridgehead atoms. The number of fused-ring (bicyclic) bond motifs is 1. The second kappa shape index (κ2) is 6.49. The summed E-state index contributed by atoms with van der Waals surface area (Å²) < 4.78 is 11.4. The van der Waals surface area contributed by atoms with Crippen molar-refractivity contribution in [3.63, 3.8) is 0 Å². The van der Waals surface area contributed by atoms with Crippen LogP contribution in [0.3, 0.4) is 0 Å². The number of aryl methyl sites for hydroxylation is 1. The van der Waals surface area contributed by atoms with E-state index in [2.05, 4.69) is 35.4 Å². The number of nitrogens with zero attached hydrogens (tertiary/aromatic N) is 2. The van der Waals surface area contributed by atoms with Gasteiger partial charge >= 0.3 is 0 Å². The molecular formula is C18H22N2O2S. The molecule has 1 aromatic heterocycles. The number of benzene rings is 1. The number of hydrogen-bond acceptors (Lipinski definition) is 5. The molecule has 122 valence electrons. The fourth-order valence-electron chi connectivity index (χ4n) is 3.45. The average molecular weight is 330 g/mol. The van der Waals surface area contributed by atoms with Gasteiger partial charge in [-0.05, 0) is 43.5 Å². The van der Waals surface area contributed by atoms with E-state index in [0.717, 1.165) is 31.0 Å². The summed E-state index contributed by atoms with van der Waals surface area (Å²) in [5, 5.41) is 3.44. The van der Waals surface area contributed by atoms with Crippen molar-refractivity contribution in [2.24, 2.45) is 0 Å². The Balaban J connectivity index is 1.53. The number of likely N-dealkylation sites (tertiary alicyclic amines) is 1. The lowest BCUT2D eigenvalue weighted by atomic mass is 10.0. The quantitative estimate of drug-likeness (QED) is 0.854. The first-order valence-electron chi connectivity index (χ1n) is 8.40. The third-order valence-corrected chi connectivity index (χ3v) is 5.62. The average Bonchev–Trinajstić information content (AvgIpc) is 3.24. The standard InChI is InChI=1S/C18H22N2O2S/c1-2-18-19-14(12-23-18)11-20-7-3-4-15(20)13-5-6-16-17(10-13)22-9-8-21-16/h5-6,10,12,15H,2-4,7-9,11H2,1H3. The van der Waals surface area contributed by atoms with E-state index in [0.29, 0.717) is 19.3 Å². The third-order valence-electron chi connectivity index (χ3n) is 4.58. The Kier molecular flexibility index (Phi) is 4.23. The smallest absolute Gasteiger partial charge is 0.161 e. The van der Waals surface area contributed by atoms with Crippen LogP contribution in [0.1, 0.15) is 42.1 Å². The number of rotatable bonds is 4. The third kappa shape index (κ3) is 3.08.